The fourth-order valence-electron chi connectivity index (χ4n) is 2.24. The third kappa shape index (κ3) is 5.09. The third-order valence-electron chi connectivity index (χ3n) is 3.35. The molecule has 6 nitrogen and oxygen atoms in total. The predicted molar refractivity (Wildman–Crippen MR) is 82.1 cm³/mol. The maximum absolute atomic E-state index is 12.3. The quantitative estimate of drug-likeness (QED) is 0.559. The van der Waals surface area contributed by atoms with Crippen LogP contribution >= 0.6 is 0 Å². The molecule has 0 heterocycles. The molecule has 1 atom stereocenters. The summed E-state index contributed by atoms with van der Waals surface area (Å²) in [7, 11) is -3.62. The van der Waals surface area contributed by atoms with Gasteiger partial charge in [-0.1, -0.05) is 26.0 Å². The smallest absolute Gasteiger partial charge is 0.287 e. The third-order valence-corrected chi connectivity index (χ3v) is 5.19. The molecule has 0 saturated carbocycles. The van der Waals surface area contributed by atoms with Crippen molar-refractivity contribution in [1.29, 1.82) is 0 Å². The van der Waals surface area contributed by atoms with Crippen LogP contribution in [-0.4, -0.2) is 31.7 Å². The first-order chi connectivity index (χ1) is 9.92. The molecule has 1 N–H and O–H groups in total. The summed E-state index contributed by atoms with van der Waals surface area (Å²) in [6.45, 7) is 4.89. The lowest BCUT2D eigenvalue weighted by atomic mass is 10.1. The zero-order valence-electron chi connectivity index (χ0n) is 12.4. The Morgan fingerprint density at radius 2 is 1.95 bits per heavy atom. The summed E-state index contributed by atoms with van der Waals surface area (Å²) in [5.41, 5.74) is -0.351. The van der Waals surface area contributed by atoms with E-state index in [0.717, 1.165) is 19.4 Å². The summed E-state index contributed by atoms with van der Waals surface area (Å²) in [4.78, 5) is 10.1. The molecule has 0 aliphatic carbocycles. The summed E-state index contributed by atoms with van der Waals surface area (Å²) in [5.74, 6) is -0.0697. The fraction of sp³-hybridized carbons (Fsp3) is 0.571. The predicted octanol–water partition coefficient (Wildman–Crippen LogP) is 2.54. The largest absolute Gasteiger partial charge is 0.314 e. The Labute approximate surface area is 125 Å². The minimum absolute atomic E-state index is 0.0697. The van der Waals surface area contributed by atoms with Gasteiger partial charge in [0.15, 0.2) is 9.84 Å². The molecule has 1 aromatic rings. The van der Waals surface area contributed by atoms with Crippen molar-refractivity contribution >= 4 is 15.5 Å². The zero-order chi connectivity index (χ0) is 15.9. The molecule has 1 unspecified atom stereocenters. The molecule has 0 aliphatic heterocycles. The van der Waals surface area contributed by atoms with Crippen molar-refractivity contribution in [2.45, 2.75) is 44.0 Å². The Hall–Kier alpha value is -1.47. The second kappa shape index (κ2) is 8.09. The molecule has 21 heavy (non-hydrogen) atoms. The van der Waals surface area contributed by atoms with Gasteiger partial charge in [0, 0.05) is 12.1 Å². The van der Waals surface area contributed by atoms with Gasteiger partial charge in [0.05, 0.1) is 10.7 Å². The molecule has 0 saturated heterocycles. The lowest BCUT2D eigenvalue weighted by Gasteiger charge is -2.15. The normalized spacial score (nSPS) is 13.0. The number of nitro groups is 1. The molecule has 0 aromatic heterocycles. The molecule has 1 aromatic carbocycles. The van der Waals surface area contributed by atoms with Crippen LogP contribution < -0.4 is 5.32 Å². The molecular weight excluding hydrogens is 292 g/mol. The number of sulfone groups is 1. The topological polar surface area (TPSA) is 89.3 Å². The number of nitro benzene ring substituents is 1. The van der Waals surface area contributed by atoms with Crippen LogP contribution in [0.3, 0.4) is 0 Å². The number of hydrogen-bond donors (Lipinski definition) is 1. The van der Waals surface area contributed by atoms with E-state index in [-0.39, 0.29) is 22.4 Å². The molecule has 7 heteroatoms. The first-order valence-electron chi connectivity index (χ1n) is 7.12. The number of nitrogens with zero attached hydrogens (tertiary/aromatic N) is 1. The van der Waals surface area contributed by atoms with Gasteiger partial charge in [-0.05, 0) is 31.9 Å². The number of nitrogens with one attached hydrogen (secondary N) is 1. The first-order valence-corrected chi connectivity index (χ1v) is 8.77. The molecule has 0 aliphatic rings. The van der Waals surface area contributed by atoms with E-state index in [0.29, 0.717) is 6.42 Å². The van der Waals surface area contributed by atoms with E-state index >= 15 is 0 Å². The summed E-state index contributed by atoms with van der Waals surface area (Å²) in [6.07, 6.45) is 2.16. The van der Waals surface area contributed by atoms with Crippen molar-refractivity contribution in [2.75, 3.05) is 12.3 Å². The lowest BCUT2D eigenvalue weighted by Crippen LogP contribution is -2.28. The summed E-state index contributed by atoms with van der Waals surface area (Å²) in [6, 6.07) is 5.79. The van der Waals surface area contributed by atoms with Gasteiger partial charge in [0.1, 0.15) is 4.90 Å². The zero-order valence-corrected chi connectivity index (χ0v) is 13.2. The van der Waals surface area contributed by atoms with E-state index in [9.17, 15) is 18.5 Å². The van der Waals surface area contributed by atoms with Crippen molar-refractivity contribution in [1.82, 2.24) is 5.32 Å². The van der Waals surface area contributed by atoms with E-state index in [1.165, 1.54) is 24.3 Å². The first kappa shape index (κ1) is 17.6. The number of para-hydroxylation sites is 1. The van der Waals surface area contributed by atoms with E-state index in [4.69, 9.17) is 0 Å². The molecule has 1 rings (SSSR count). The van der Waals surface area contributed by atoms with Crippen molar-refractivity contribution < 1.29 is 13.3 Å². The van der Waals surface area contributed by atoms with E-state index in [2.05, 4.69) is 5.32 Å². The summed E-state index contributed by atoms with van der Waals surface area (Å²) < 4.78 is 24.5. The van der Waals surface area contributed by atoms with Crippen LogP contribution in [0.2, 0.25) is 0 Å². The second-order valence-corrected chi connectivity index (χ2v) is 6.93. The number of benzene rings is 1. The van der Waals surface area contributed by atoms with E-state index in [1.807, 2.05) is 13.8 Å². The molecule has 0 fully saturated rings. The maximum atomic E-state index is 12.3. The van der Waals surface area contributed by atoms with Crippen LogP contribution in [0.1, 0.15) is 33.1 Å². The van der Waals surface area contributed by atoms with Crippen LogP contribution in [0.5, 0.6) is 0 Å². The SMILES string of the molecule is CCNC(CC)CCCS(=O)(=O)c1ccccc1[N+](=O)[O-]. The van der Waals surface area contributed by atoms with E-state index in [1.54, 1.807) is 0 Å². The Bertz CT molecular complexity index is 572. The molecule has 0 spiro atoms. The average Bonchev–Trinajstić information content (AvgIpc) is 2.46. The van der Waals surface area contributed by atoms with Crippen LogP contribution in [0, 0.1) is 10.1 Å². The van der Waals surface area contributed by atoms with Crippen LogP contribution in [0.15, 0.2) is 29.2 Å². The van der Waals surface area contributed by atoms with Crippen molar-refractivity contribution in [2.24, 2.45) is 0 Å². The molecule has 118 valence electrons. The molecule has 0 amide bonds. The second-order valence-electron chi connectivity index (χ2n) is 4.85. The Balaban J connectivity index is 2.77. The minimum Gasteiger partial charge on any atom is -0.314 e. The monoisotopic (exact) mass is 314 g/mol. The highest BCUT2D eigenvalue weighted by Gasteiger charge is 2.24. The summed E-state index contributed by atoms with van der Waals surface area (Å²) in [5, 5.41) is 14.2. The molecular formula is C14H22N2O4S. The van der Waals surface area contributed by atoms with Gasteiger partial charge in [-0.15, -0.1) is 0 Å². The van der Waals surface area contributed by atoms with Gasteiger partial charge < -0.3 is 5.32 Å². The highest BCUT2D eigenvalue weighted by molar-refractivity contribution is 7.91. The summed E-state index contributed by atoms with van der Waals surface area (Å²) >= 11 is 0. The van der Waals surface area contributed by atoms with E-state index < -0.39 is 14.8 Å². The number of rotatable bonds is 9. The van der Waals surface area contributed by atoms with Crippen LogP contribution in [0.4, 0.5) is 5.69 Å². The van der Waals surface area contributed by atoms with Gasteiger partial charge in [-0.2, -0.15) is 0 Å². The Morgan fingerprint density at radius 1 is 1.29 bits per heavy atom. The van der Waals surface area contributed by atoms with Crippen LogP contribution in [0.25, 0.3) is 0 Å². The van der Waals surface area contributed by atoms with Crippen molar-refractivity contribution in [3.05, 3.63) is 34.4 Å². The highest BCUT2D eigenvalue weighted by Crippen LogP contribution is 2.24. The van der Waals surface area contributed by atoms with Gasteiger partial charge >= 0.3 is 0 Å². The van der Waals surface area contributed by atoms with Crippen molar-refractivity contribution in [3.63, 3.8) is 0 Å². The fourth-order valence-corrected chi connectivity index (χ4v) is 3.75. The van der Waals surface area contributed by atoms with Gasteiger partial charge in [0.25, 0.3) is 5.69 Å². The van der Waals surface area contributed by atoms with Crippen LogP contribution in [-0.2, 0) is 9.84 Å². The van der Waals surface area contributed by atoms with Gasteiger partial charge in [-0.25, -0.2) is 8.42 Å². The van der Waals surface area contributed by atoms with Gasteiger partial charge in [0.2, 0.25) is 0 Å². The molecule has 0 bridgehead atoms. The number of hydrogen-bond acceptors (Lipinski definition) is 5. The maximum Gasteiger partial charge on any atom is 0.287 e. The van der Waals surface area contributed by atoms with Gasteiger partial charge in [-0.3, -0.25) is 10.1 Å². The average molecular weight is 314 g/mol. The Morgan fingerprint density at radius 3 is 2.52 bits per heavy atom. The highest BCUT2D eigenvalue weighted by atomic mass is 32.2. The standard InChI is InChI=1S/C14H22N2O4S/c1-3-12(15-4-2)8-7-11-21(19,20)14-10-6-5-9-13(14)16(17)18/h5-6,9-10,12,15H,3-4,7-8,11H2,1-2H3. The molecule has 0 radical (unpaired) electrons. The minimum atomic E-state index is -3.62. The Kier molecular flexibility index (Phi) is 6.77. The lowest BCUT2D eigenvalue weighted by molar-refractivity contribution is -0.387. The van der Waals surface area contributed by atoms with Crippen molar-refractivity contribution in [3.8, 4) is 0 Å².